The molecule has 1 aliphatic carbocycles. The van der Waals surface area contributed by atoms with E-state index in [9.17, 15) is 17.6 Å². The lowest BCUT2D eigenvalue weighted by Crippen LogP contribution is -2.33. The molecule has 0 heterocycles. The number of aliphatic carboxylic acids is 1. The monoisotopic (exact) mass is 317 g/mol. The number of carboxylic acid groups (broad SMARTS) is 1. The first-order valence-electron chi connectivity index (χ1n) is 6.42. The third kappa shape index (κ3) is 3.51. The van der Waals surface area contributed by atoms with Crippen LogP contribution >= 0.6 is 0 Å². The molecule has 6 nitrogen and oxygen atoms in total. The summed E-state index contributed by atoms with van der Waals surface area (Å²) in [6.07, 6.45) is 1.13. The fourth-order valence-corrected chi connectivity index (χ4v) is 3.71. The lowest BCUT2D eigenvalue weighted by molar-refractivity contribution is -0.141. The van der Waals surface area contributed by atoms with Gasteiger partial charge in [0.05, 0.1) is 17.9 Å². The van der Waals surface area contributed by atoms with Gasteiger partial charge in [-0.15, -0.1) is 0 Å². The molecule has 2 atom stereocenters. The zero-order chi connectivity index (χ0) is 15.6. The zero-order valence-electron chi connectivity index (χ0n) is 11.4. The Morgan fingerprint density at radius 2 is 2.14 bits per heavy atom. The van der Waals surface area contributed by atoms with Crippen LogP contribution in [0, 0.1) is 11.7 Å². The predicted molar refractivity (Wildman–Crippen MR) is 72.0 cm³/mol. The Kier molecular flexibility index (Phi) is 4.48. The highest BCUT2D eigenvalue weighted by atomic mass is 32.2. The molecule has 2 N–H and O–H groups in total. The van der Waals surface area contributed by atoms with Crippen LogP contribution in [-0.4, -0.2) is 32.6 Å². The van der Waals surface area contributed by atoms with E-state index < -0.39 is 33.8 Å². The number of hydrogen-bond acceptors (Lipinski definition) is 4. The fourth-order valence-electron chi connectivity index (χ4n) is 2.41. The average molecular weight is 317 g/mol. The van der Waals surface area contributed by atoms with Gasteiger partial charge in [0.2, 0.25) is 10.0 Å². The maximum atomic E-state index is 13.6. The topological polar surface area (TPSA) is 92.7 Å². The highest BCUT2D eigenvalue weighted by molar-refractivity contribution is 7.89. The first-order valence-corrected chi connectivity index (χ1v) is 7.90. The zero-order valence-corrected chi connectivity index (χ0v) is 12.2. The van der Waals surface area contributed by atoms with Gasteiger partial charge in [0.25, 0.3) is 0 Å². The SMILES string of the molecule is COc1ccc(S(=O)(=O)N[C@@H]2CC[C@H](C(=O)O)C2)cc1F. The minimum atomic E-state index is -3.88. The summed E-state index contributed by atoms with van der Waals surface area (Å²) < 4.78 is 45.0. The molecule has 1 saturated carbocycles. The summed E-state index contributed by atoms with van der Waals surface area (Å²) in [5, 5.41) is 8.90. The molecule has 1 aromatic rings. The van der Waals surface area contributed by atoms with Crippen molar-refractivity contribution >= 4 is 16.0 Å². The van der Waals surface area contributed by atoms with E-state index in [2.05, 4.69) is 4.72 Å². The molecule has 1 aliphatic rings. The fraction of sp³-hybridized carbons (Fsp3) is 0.462. The number of methoxy groups -OCH3 is 1. The molecule has 0 amide bonds. The van der Waals surface area contributed by atoms with Crippen molar-refractivity contribution < 1.29 is 27.4 Å². The van der Waals surface area contributed by atoms with E-state index in [0.717, 1.165) is 6.07 Å². The molecule has 1 fully saturated rings. The van der Waals surface area contributed by atoms with Crippen LogP contribution in [0.3, 0.4) is 0 Å². The van der Waals surface area contributed by atoms with Crippen molar-refractivity contribution in [1.29, 1.82) is 0 Å². The molecule has 0 unspecified atom stereocenters. The number of benzene rings is 1. The van der Waals surface area contributed by atoms with Crippen molar-refractivity contribution in [2.45, 2.75) is 30.2 Å². The Hall–Kier alpha value is -1.67. The van der Waals surface area contributed by atoms with E-state index in [4.69, 9.17) is 9.84 Å². The minimum Gasteiger partial charge on any atom is -0.494 e. The van der Waals surface area contributed by atoms with E-state index in [0.29, 0.717) is 12.8 Å². The van der Waals surface area contributed by atoms with E-state index in [1.165, 1.54) is 19.2 Å². The van der Waals surface area contributed by atoms with Crippen molar-refractivity contribution in [3.8, 4) is 5.75 Å². The molecule has 2 rings (SSSR count). The van der Waals surface area contributed by atoms with Crippen molar-refractivity contribution in [2.24, 2.45) is 5.92 Å². The second kappa shape index (κ2) is 5.98. The van der Waals surface area contributed by atoms with Gasteiger partial charge in [-0.25, -0.2) is 17.5 Å². The van der Waals surface area contributed by atoms with Crippen LogP contribution in [0.5, 0.6) is 5.75 Å². The molecule has 21 heavy (non-hydrogen) atoms. The third-order valence-electron chi connectivity index (χ3n) is 3.54. The molecule has 0 aliphatic heterocycles. The largest absolute Gasteiger partial charge is 0.494 e. The highest BCUT2D eigenvalue weighted by Gasteiger charge is 2.32. The lowest BCUT2D eigenvalue weighted by Gasteiger charge is -2.13. The first kappa shape index (κ1) is 15.7. The summed E-state index contributed by atoms with van der Waals surface area (Å²) in [6.45, 7) is 0. The van der Waals surface area contributed by atoms with Crippen LogP contribution in [-0.2, 0) is 14.8 Å². The number of ether oxygens (including phenoxy) is 1. The maximum Gasteiger partial charge on any atom is 0.306 e. The van der Waals surface area contributed by atoms with E-state index in [-0.39, 0.29) is 17.1 Å². The Labute approximate surface area is 122 Å². The van der Waals surface area contributed by atoms with Crippen molar-refractivity contribution in [3.63, 3.8) is 0 Å². The summed E-state index contributed by atoms with van der Waals surface area (Å²) in [4.78, 5) is 10.6. The number of nitrogens with one attached hydrogen (secondary N) is 1. The molecule has 0 bridgehead atoms. The number of sulfonamides is 1. The van der Waals surface area contributed by atoms with E-state index in [1.807, 2.05) is 0 Å². The number of rotatable bonds is 5. The van der Waals surface area contributed by atoms with Gasteiger partial charge in [-0.3, -0.25) is 4.79 Å². The Balaban J connectivity index is 2.12. The molecular formula is C13H16FNO5S. The summed E-state index contributed by atoms with van der Waals surface area (Å²) in [7, 11) is -2.59. The normalized spacial score (nSPS) is 22.2. The molecular weight excluding hydrogens is 301 g/mol. The number of halogens is 1. The van der Waals surface area contributed by atoms with Crippen molar-refractivity contribution in [1.82, 2.24) is 4.72 Å². The third-order valence-corrected chi connectivity index (χ3v) is 5.06. The average Bonchev–Trinajstić information content (AvgIpc) is 2.86. The van der Waals surface area contributed by atoms with Gasteiger partial charge in [-0.1, -0.05) is 0 Å². The molecule has 116 valence electrons. The Morgan fingerprint density at radius 1 is 1.43 bits per heavy atom. The van der Waals surface area contributed by atoms with Crippen LogP contribution in [0.15, 0.2) is 23.1 Å². The quantitative estimate of drug-likeness (QED) is 0.855. The summed E-state index contributed by atoms with van der Waals surface area (Å²) in [5.41, 5.74) is 0. The van der Waals surface area contributed by atoms with E-state index >= 15 is 0 Å². The van der Waals surface area contributed by atoms with Crippen LogP contribution in [0.1, 0.15) is 19.3 Å². The second-order valence-electron chi connectivity index (χ2n) is 4.96. The summed E-state index contributed by atoms with van der Waals surface area (Å²) in [6, 6.07) is 2.92. The number of carboxylic acids is 1. The van der Waals surface area contributed by atoms with Gasteiger partial charge in [-0.05, 0) is 37.5 Å². The van der Waals surface area contributed by atoms with Crippen LogP contribution in [0.2, 0.25) is 0 Å². The van der Waals surface area contributed by atoms with Crippen LogP contribution < -0.4 is 9.46 Å². The smallest absolute Gasteiger partial charge is 0.306 e. The van der Waals surface area contributed by atoms with E-state index in [1.54, 1.807) is 0 Å². The van der Waals surface area contributed by atoms with Gasteiger partial charge >= 0.3 is 5.97 Å². The van der Waals surface area contributed by atoms with Gasteiger partial charge in [0.1, 0.15) is 0 Å². The Morgan fingerprint density at radius 3 is 2.67 bits per heavy atom. The molecule has 0 aromatic heterocycles. The molecule has 0 saturated heterocycles. The Bertz CT molecular complexity index is 646. The van der Waals surface area contributed by atoms with Gasteiger partial charge in [0, 0.05) is 6.04 Å². The van der Waals surface area contributed by atoms with Crippen LogP contribution in [0.4, 0.5) is 4.39 Å². The van der Waals surface area contributed by atoms with Gasteiger partial charge in [0.15, 0.2) is 11.6 Å². The summed E-state index contributed by atoms with van der Waals surface area (Å²) >= 11 is 0. The standard InChI is InChI=1S/C13H16FNO5S/c1-20-12-5-4-10(7-11(12)14)21(18,19)15-9-3-2-8(6-9)13(16)17/h4-5,7-9,15H,2-3,6H2,1H3,(H,16,17)/t8-,9+/m0/s1. The van der Waals surface area contributed by atoms with Crippen molar-refractivity contribution in [2.75, 3.05) is 7.11 Å². The van der Waals surface area contributed by atoms with Crippen LogP contribution in [0.25, 0.3) is 0 Å². The highest BCUT2D eigenvalue weighted by Crippen LogP contribution is 2.27. The minimum absolute atomic E-state index is 0.0410. The molecule has 8 heteroatoms. The van der Waals surface area contributed by atoms with Gasteiger partial charge in [-0.2, -0.15) is 0 Å². The number of carbonyl (C=O) groups is 1. The summed E-state index contributed by atoms with van der Waals surface area (Å²) in [5.74, 6) is -2.27. The molecule has 0 spiro atoms. The molecule has 0 radical (unpaired) electrons. The molecule has 1 aromatic carbocycles. The van der Waals surface area contributed by atoms with Crippen molar-refractivity contribution in [3.05, 3.63) is 24.0 Å². The number of hydrogen-bond donors (Lipinski definition) is 2. The lowest BCUT2D eigenvalue weighted by atomic mass is 10.1. The maximum absolute atomic E-state index is 13.6. The first-order chi connectivity index (χ1) is 9.83. The second-order valence-corrected chi connectivity index (χ2v) is 6.68. The predicted octanol–water partition coefficient (Wildman–Crippen LogP) is 1.37. The van der Waals surface area contributed by atoms with Gasteiger partial charge < -0.3 is 9.84 Å².